The van der Waals surface area contributed by atoms with E-state index in [0.29, 0.717) is 49.1 Å². The summed E-state index contributed by atoms with van der Waals surface area (Å²) in [4.78, 5) is 33.9. The first-order valence-corrected chi connectivity index (χ1v) is 9.55. The van der Waals surface area contributed by atoms with Gasteiger partial charge in [-0.1, -0.05) is 0 Å². The molecule has 1 amide bonds. The first kappa shape index (κ1) is 18.4. The van der Waals surface area contributed by atoms with Crippen LogP contribution in [0.15, 0.2) is 23.3 Å². The molecule has 0 atom stereocenters. The number of carbonyl (C=O) groups is 1. The molecule has 0 saturated heterocycles. The first-order chi connectivity index (χ1) is 13.6. The van der Waals surface area contributed by atoms with Crippen LogP contribution in [0, 0.1) is 12.8 Å². The summed E-state index contributed by atoms with van der Waals surface area (Å²) in [5, 5.41) is 9.15. The van der Waals surface area contributed by atoms with Gasteiger partial charge in [-0.2, -0.15) is 0 Å². The van der Waals surface area contributed by atoms with Crippen molar-refractivity contribution in [2.75, 3.05) is 36.9 Å². The van der Waals surface area contributed by atoms with Crippen LogP contribution in [0.1, 0.15) is 28.9 Å². The van der Waals surface area contributed by atoms with Crippen LogP contribution >= 0.6 is 0 Å². The highest BCUT2D eigenvalue weighted by Crippen LogP contribution is 2.28. The Morgan fingerprint density at radius 1 is 1.21 bits per heavy atom. The summed E-state index contributed by atoms with van der Waals surface area (Å²) in [5.74, 6) is 1.70. The van der Waals surface area contributed by atoms with Crippen molar-refractivity contribution in [3.63, 3.8) is 0 Å². The van der Waals surface area contributed by atoms with Gasteiger partial charge in [-0.15, -0.1) is 0 Å². The molecule has 0 spiro atoms. The number of pyridine rings is 1. The van der Waals surface area contributed by atoms with E-state index in [1.807, 2.05) is 6.92 Å². The zero-order chi connectivity index (χ0) is 19.5. The number of hydrogen-bond donors (Lipinski definition) is 3. The predicted octanol–water partition coefficient (Wildman–Crippen LogP) is 1.27. The normalized spacial score (nSPS) is 17.0. The molecular weight excluding hydrogens is 360 g/mol. The maximum Gasteiger partial charge on any atom is 0.274 e. The molecule has 9 nitrogen and oxygen atoms in total. The minimum absolute atomic E-state index is 0.264. The largest absolute Gasteiger partial charge is 0.378 e. The van der Waals surface area contributed by atoms with Crippen LogP contribution in [-0.2, 0) is 11.3 Å². The molecule has 2 aliphatic rings. The lowest BCUT2D eigenvalue weighted by atomic mass is 10.1. The summed E-state index contributed by atoms with van der Waals surface area (Å²) >= 11 is 0. The number of hydrogen-bond acceptors (Lipinski definition) is 7. The number of anilines is 3. The quantitative estimate of drug-likeness (QED) is 0.712. The third kappa shape index (κ3) is 4.14. The van der Waals surface area contributed by atoms with Gasteiger partial charge in [0.25, 0.3) is 11.5 Å². The smallest absolute Gasteiger partial charge is 0.274 e. The minimum atomic E-state index is -0.285. The molecule has 1 aliphatic heterocycles. The predicted molar refractivity (Wildman–Crippen MR) is 105 cm³/mol. The van der Waals surface area contributed by atoms with Crippen LogP contribution in [0.3, 0.4) is 0 Å². The van der Waals surface area contributed by atoms with Crippen molar-refractivity contribution in [1.29, 1.82) is 0 Å². The molecule has 1 aliphatic carbocycles. The average molecular weight is 384 g/mol. The monoisotopic (exact) mass is 384 g/mol. The second kappa shape index (κ2) is 7.97. The highest BCUT2D eigenvalue weighted by molar-refractivity contribution is 5.94. The van der Waals surface area contributed by atoms with Gasteiger partial charge in [-0.25, -0.2) is 9.97 Å². The van der Waals surface area contributed by atoms with Gasteiger partial charge in [0.2, 0.25) is 0 Å². The topological polar surface area (TPSA) is 110 Å². The van der Waals surface area contributed by atoms with Crippen molar-refractivity contribution in [1.82, 2.24) is 19.9 Å². The Labute approximate surface area is 162 Å². The fourth-order valence-corrected chi connectivity index (χ4v) is 3.22. The number of ether oxygens (including phenoxy) is 1. The Kier molecular flexibility index (Phi) is 5.25. The van der Waals surface area contributed by atoms with Gasteiger partial charge >= 0.3 is 0 Å². The standard InChI is InChI=1S/C19H24N6O3/c1-12-8-14(19(27)25-5-7-28-6-4-20-18(26)17(12)25)24-16-9-15(22-11-23-16)21-10-13-2-3-13/h8-9,11,13H,2-7,10H2,1H3,(H,20,26)(H2,21,22,23,24). The van der Waals surface area contributed by atoms with E-state index >= 15 is 0 Å². The molecule has 2 aromatic rings. The minimum Gasteiger partial charge on any atom is -0.378 e. The van der Waals surface area contributed by atoms with E-state index < -0.39 is 0 Å². The number of rotatable bonds is 5. The Balaban J connectivity index is 1.61. The molecule has 3 heterocycles. The molecule has 9 heteroatoms. The number of aryl methyl sites for hydroxylation is 1. The fraction of sp³-hybridized carbons (Fsp3) is 0.474. The van der Waals surface area contributed by atoms with Crippen LogP contribution in [0.25, 0.3) is 0 Å². The molecule has 0 radical (unpaired) electrons. The first-order valence-electron chi connectivity index (χ1n) is 9.55. The van der Waals surface area contributed by atoms with Crippen molar-refractivity contribution in [3.05, 3.63) is 40.1 Å². The maximum absolute atomic E-state index is 13.0. The maximum atomic E-state index is 13.0. The molecule has 4 rings (SSSR count). The third-order valence-corrected chi connectivity index (χ3v) is 4.88. The second-order valence-electron chi connectivity index (χ2n) is 7.15. The number of nitrogens with zero attached hydrogens (tertiary/aromatic N) is 3. The van der Waals surface area contributed by atoms with Gasteiger partial charge in [0, 0.05) is 25.7 Å². The Morgan fingerprint density at radius 3 is 2.86 bits per heavy atom. The van der Waals surface area contributed by atoms with E-state index in [0.717, 1.165) is 18.3 Å². The number of carbonyl (C=O) groups excluding carboxylic acids is 1. The van der Waals surface area contributed by atoms with E-state index in [1.165, 1.54) is 23.7 Å². The molecule has 1 fully saturated rings. The summed E-state index contributed by atoms with van der Waals surface area (Å²) in [7, 11) is 0. The summed E-state index contributed by atoms with van der Waals surface area (Å²) in [5.41, 5.74) is 1.16. The number of amides is 1. The molecular formula is C19H24N6O3. The van der Waals surface area contributed by atoms with E-state index in [9.17, 15) is 9.59 Å². The summed E-state index contributed by atoms with van der Waals surface area (Å²) in [6.07, 6.45) is 3.97. The van der Waals surface area contributed by atoms with Crippen LogP contribution < -0.4 is 21.5 Å². The Hall–Kier alpha value is -2.94. The van der Waals surface area contributed by atoms with Crippen LogP contribution in [-0.4, -0.2) is 46.7 Å². The third-order valence-electron chi connectivity index (χ3n) is 4.88. The van der Waals surface area contributed by atoms with Crippen molar-refractivity contribution in [3.8, 4) is 0 Å². The Morgan fingerprint density at radius 2 is 2.04 bits per heavy atom. The van der Waals surface area contributed by atoms with Gasteiger partial charge < -0.3 is 20.7 Å². The van der Waals surface area contributed by atoms with Gasteiger partial charge in [-0.3, -0.25) is 14.2 Å². The number of aromatic nitrogens is 3. The molecule has 2 aromatic heterocycles. The van der Waals surface area contributed by atoms with Gasteiger partial charge in [-0.05, 0) is 37.3 Å². The molecule has 1 saturated carbocycles. The van der Waals surface area contributed by atoms with E-state index in [4.69, 9.17) is 4.74 Å². The summed E-state index contributed by atoms with van der Waals surface area (Å²) in [6, 6.07) is 3.46. The summed E-state index contributed by atoms with van der Waals surface area (Å²) in [6.45, 7) is 4.24. The van der Waals surface area contributed by atoms with Crippen LogP contribution in [0.5, 0.6) is 0 Å². The fourth-order valence-electron chi connectivity index (χ4n) is 3.22. The molecule has 148 valence electrons. The second-order valence-corrected chi connectivity index (χ2v) is 7.15. The van der Waals surface area contributed by atoms with Gasteiger partial charge in [0.1, 0.15) is 29.3 Å². The van der Waals surface area contributed by atoms with Gasteiger partial charge in [0.05, 0.1) is 13.2 Å². The van der Waals surface area contributed by atoms with Crippen molar-refractivity contribution in [2.45, 2.75) is 26.3 Å². The van der Waals surface area contributed by atoms with E-state index in [1.54, 1.807) is 12.1 Å². The zero-order valence-electron chi connectivity index (χ0n) is 15.8. The molecule has 0 unspecified atom stereocenters. The molecule has 3 N–H and O–H groups in total. The molecule has 28 heavy (non-hydrogen) atoms. The Bertz CT molecular complexity index is 938. The van der Waals surface area contributed by atoms with E-state index in [2.05, 4.69) is 25.9 Å². The van der Waals surface area contributed by atoms with Crippen LogP contribution in [0.2, 0.25) is 0 Å². The van der Waals surface area contributed by atoms with Crippen molar-refractivity contribution in [2.24, 2.45) is 5.92 Å². The van der Waals surface area contributed by atoms with Crippen LogP contribution in [0.4, 0.5) is 17.3 Å². The highest BCUT2D eigenvalue weighted by Gasteiger charge is 2.21. The van der Waals surface area contributed by atoms with Crippen molar-refractivity contribution < 1.29 is 9.53 Å². The lowest BCUT2D eigenvalue weighted by molar-refractivity contribution is 0.0928. The number of nitrogens with one attached hydrogen (secondary N) is 3. The SMILES string of the molecule is Cc1cc(Nc2cc(NCC3CC3)ncn2)c(=O)n2c1C(=O)NCCOCC2. The average Bonchev–Trinajstić information content (AvgIpc) is 3.49. The van der Waals surface area contributed by atoms with Crippen molar-refractivity contribution >= 4 is 23.2 Å². The lowest BCUT2D eigenvalue weighted by Crippen LogP contribution is -2.34. The number of fused-ring (bicyclic) bond motifs is 1. The zero-order valence-corrected chi connectivity index (χ0v) is 15.8. The van der Waals surface area contributed by atoms with E-state index in [-0.39, 0.29) is 11.5 Å². The highest BCUT2D eigenvalue weighted by atomic mass is 16.5. The summed E-state index contributed by atoms with van der Waals surface area (Å²) < 4.78 is 6.92. The molecule has 0 bridgehead atoms. The molecule has 0 aromatic carbocycles. The lowest BCUT2D eigenvalue weighted by Gasteiger charge is -2.16. The van der Waals surface area contributed by atoms with Gasteiger partial charge in [0.15, 0.2) is 0 Å².